The Morgan fingerprint density at radius 3 is 2.56 bits per heavy atom. The van der Waals surface area contributed by atoms with Crippen molar-refractivity contribution in [2.45, 2.75) is 58.4 Å². The fraction of sp³-hybridized carbons (Fsp3) is 0.750. The number of rotatable bonds is 5. The van der Waals surface area contributed by atoms with E-state index in [2.05, 4.69) is 37.7 Å². The van der Waals surface area contributed by atoms with Gasteiger partial charge >= 0.3 is 0 Å². The van der Waals surface area contributed by atoms with Crippen LogP contribution < -0.4 is 5.32 Å². The molecule has 0 aromatic carbocycles. The average Bonchev–Trinajstić information content (AvgIpc) is 2.79. The molecule has 0 amide bonds. The molecule has 1 heterocycles. The molecule has 1 aliphatic rings. The highest BCUT2D eigenvalue weighted by atomic mass is 32.1. The Hall–Kier alpha value is -0.340. The van der Waals surface area contributed by atoms with Gasteiger partial charge in [-0.25, -0.2) is 0 Å². The fourth-order valence-electron chi connectivity index (χ4n) is 3.52. The predicted octanol–water partition coefficient (Wildman–Crippen LogP) is 4.92. The Bertz CT molecular complexity index is 350. The number of aryl methyl sites for hydroxylation is 1. The van der Waals surface area contributed by atoms with Crippen LogP contribution in [-0.4, -0.2) is 7.05 Å². The topological polar surface area (TPSA) is 12.0 Å². The Morgan fingerprint density at radius 2 is 2.06 bits per heavy atom. The highest BCUT2D eigenvalue weighted by molar-refractivity contribution is 7.10. The van der Waals surface area contributed by atoms with Crippen molar-refractivity contribution in [3.8, 4) is 0 Å². The van der Waals surface area contributed by atoms with Crippen LogP contribution in [-0.2, 0) is 0 Å². The van der Waals surface area contributed by atoms with Crippen LogP contribution >= 0.6 is 11.3 Å². The summed E-state index contributed by atoms with van der Waals surface area (Å²) in [5.41, 5.74) is 1.51. The molecule has 2 rings (SSSR count). The summed E-state index contributed by atoms with van der Waals surface area (Å²) in [6, 6.07) is 2.95. The van der Waals surface area contributed by atoms with Gasteiger partial charge in [0.1, 0.15) is 0 Å². The van der Waals surface area contributed by atoms with E-state index in [9.17, 15) is 0 Å². The highest BCUT2D eigenvalue weighted by Gasteiger charge is 2.27. The second-order valence-corrected chi connectivity index (χ2v) is 6.94. The van der Waals surface area contributed by atoms with Crippen molar-refractivity contribution in [1.29, 1.82) is 0 Å². The molecule has 1 saturated carbocycles. The maximum absolute atomic E-state index is 3.55. The van der Waals surface area contributed by atoms with Crippen molar-refractivity contribution in [3.05, 3.63) is 21.9 Å². The molecule has 1 fully saturated rings. The minimum Gasteiger partial charge on any atom is -0.313 e. The van der Waals surface area contributed by atoms with Gasteiger partial charge in [-0.1, -0.05) is 32.6 Å². The molecule has 1 aromatic heterocycles. The van der Waals surface area contributed by atoms with Crippen LogP contribution in [0, 0.1) is 18.8 Å². The van der Waals surface area contributed by atoms with Crippen LogP contribution in [0.1, 0.15) is 61.9 Å². The standard InChI is InChI=1S/C16H27NS/c1-4-5-13-6-8-14(9-7-13)16(17-3)15-10-12(2)18-11-15/h10-11,13-14,16-17H,4-9H2,1-3H3. The third-order valence-electron chi connectivity index (χ3n) is 4.48. The Labute approximate surface area is 116 Å². The van der Waals surface area contributed by atoms with E-state index in [1.807, 2.05) is 11.3 Å². The van der Waals surface area contributed by atoms with Crippen LogP contribution in [0.15, 0.2) is 11.4 Å². The first-order chi connectivity index (χ1) is 8.74. The first-order valence-corrected chi connectivity index (χ1v) is 8.34. The molecule has 1 nitrogen and oxygen atoms in total. The molecule has 18 heavy (non-hydrogen) atoms. The van der Waals surface area contributed by atoms with Gasteiger partial charge in [-0.2, -0.15) is 0 Å². The lowest BCUT2D eigenvalue weighted by atomic mass is 9.76. The van der Waals surface area contributed by atoms with Gasteiger partial charge in [-0.15, -0.1) is 11.3 Å². The van der Waals surface area contributed by atoms with Crippen LogP contribution in [0.3, 0.4) is 0 Å². The molecule has 1 unspecified atom stereocenters. The minimum atomic E-state index is 0.581. The zero-order valence-corrected chi connectivity index (χ0v) is 12.9. The molecule has 0 radical (unpaired) electrons. The number of hydrogen-bond donors (Lipinski definition) is 1. The zero-order valence-electron chi connectivity index (χ0n) is 12.0. The van der Waals surface area contributed by atoms with E-state index < -0.39 is 0 Å². The van der Waals surface area contributed by atoms with E-state index in [0.717, 1.165) is 11.8 Å². The molecule has 1 aliphatic carbocycles. The molecule has 0 spiro atoms. The number of hydrogen-bond acceptors (Lipinski definition) is 2. The van der Waals surface area contributed by atoms with E-state index in [0.29, 0.717) is 6.04 Å². The number of thiophene rings is 1. The van der Waals surface area contributed by atoms with Crippen LogP contribution in [0.2, 0.25) is 0 Å². The van der Waals surface area contributed by atoms with Crippen LogP contribution in [0.4, 0.5) is 0 Å². The van der Waals surface area contributed by atoms with Gasteiger partial charge in [-0.3, -0.25) is 0 Å². The van der Waals surface area contributed by atoms with E-state index in [-0.39, 0.29) is 0 Å². The molecule has 102 valence electrons. The quantitative estimate of drug-likeness (QED) is 0.796. The summed E-state index contributed by atoms with van der Waals surface area (Å²) in [5, 5.41) is 5.90. The summed E-state index contributed by atoms with van der Waals surface area (Å²) in [7, 11) is 2.12. The van der Waals surface area contributed by atoms with E-state index >= 15 is 0 Å². The molecule has 1 N–H and O–H groups in total. The summed E-state index contributed by atoms with van der Waals surface area (Å²) < 4.78 is 0. The fourth-order valence-corrected chi connectivity index (χ4v) is 4.26. The van der Waals surface area contributed by atoms with Crippen molar-refractivity contribution in [1.82, 2.24) is 5.32 Å². The lowest BCUT2D eigenvalue weighted by Crippen LogP contribution is -2.28. The van der Waals surface area contributed by atoms with E-state index in [1.54, 1.807) is 0 Å². The highest BCUT2D eigenvalue weighted by Crippen LogP contribution is 2.39. The van der Waals surface area contributed by atoms with E-state index in [4.69, 9.17) is 0 Å². The molecule has 0 saturated heterocycles. The summed E-state index contributed by atoms with van der Waals surface area (Å²) in [6.07, 6.45) is 8.50. The van der Waals surface area contributed by atoms with Crippen LogP contribution in [0.25, 0.3) is 0 Å². The third kappa shape index (κ3) is 3.36. The van der Waals surface area contributed by atoms with Gasteiger partial charge in [0.05, 0.1) is 0 Å². The van der Waals surface area contributed by atoms with Gasteiger partial charge < -0.3 is 5.32 Å². The van der Waals surface area contributed by atoms with Crippen molar-refractivity contribution in [2.24, 2.45) is 11.8 Å². The average molecular weight is 265 g/mol. The Balaban J connectivity index is 1.94. The van der Waals surface area contributed by atoms with Gasteiger partial charge in [0.2, 0.25) is 0 Å². The molecule has 2 heteroatoms. The maximum atomic E-state index is 3.55. The first-order valence-electron chi connectivity index (χ1n) is 7.46. The largest absolute Gasteiger partial charge is 0.313 e. The molecule has 1 atom stereocenters. The van der Waals surface area contributed by atoms with Gasteiger partial charge in [0, 0.05) is 10.9 Å². The summed E-state index contributed by atoms with van der Waals surface area (Å²) in [5.74, 6) is 1.85. The van der Waals surface area contributed by atoms with Crippen molar-refractivity contribution in [2.75, 3.05) is 7.05 Å². The van der Waals surface area contributed by atoms with Gasteiger partial charge in [0.15, 0.2) is 0 Å². The molecule has 0 bridgehead atoms. The second-order valence-electron chi connectivity index (χ2n) is 5.83. The summed E-state index contributed by atoms with van der Waals surface area (Å²) in [4.78, 5) is 1.44. The lowest BCUT2D eigenvalue weighted by molar-refractivity contribution is 0.220. The second kappa shape index (κ2) is 6.72. The van der Waals surface area contributed by atoms with Crippen molar-refractivity contribution >= 4 is 11.3 Å². The minimum absolute atomic E-state index is 0.581. The third-order valence-corrected chi connectivity index (χ3v) is 5.36. The molecule has 0 aliphatic heterocycles. The normalized spacial score (nSPS) is 26.2. The van der Waals surface area contributed by atoms with Crippen molar-refractivity contribution < 1.29 is 0 Å². The Kier molecular flexibility index (Phi) is 5.25. The van der Waals surface area contributed by atoms with E-state index in [1.165, 1.54) is 49.0 Å². The monoisotopic (exact) mass is 265 g/mol. The molecular formula is C16H27NS. The summed E-state index contributed by atoms with van der Waals surface area (Å²) >= 11 is 1.88. The Morgan fingerprint density at radius 1 is 1.33 bits per heavy atom. The van der Waals surface area contributed by atoms with Gasteiger partial charge in [-0.05, 0) is 55.7 Å². The predicted molar refractivity (Wildman–Crippen MR) is 81.2 cm³/mol. The molecular weight excluding hydrogens is 238 g/mol. The number of nitrogens with one attached hydrogen (secondary N) is 1. The SMILES string of the molecule is CCCC1CCC(C(NC)c2csc(C)c2)CC1. The zero-order chi connectivity index (χ0) is 13.0. The maximum Gasteiger partial charge on any atom is 0.0354 e. The summed E-state index contributed by atoms with van der Waals surface area (Å²) in [6.45, 7) is 4.52. The lowest BCUT2D eigenvalue weighted by Gasteiger charge is -2.33. The van der Waals surface area contributed by atoms with Gasteiger partial charge in [0.25, 0.3) is 0 Å². The molecule has 1 aromatic rings. The smallest absolute Gasteiger partial charge is 0.0354 e. The van der Waals surface area contributed by atoms with Crippen molar-refractivity contribution in [3.63, 3.8) is 0 Å². The van der Waals surface area contributed by atoms with Crippen LogP contribution in [0.5, 0.6) is 0 Å². The first kappa shape index (κ1) is 14.1.